The number of aromatic nitrogens is 1. The number of nitrogens with zero attached hydrogens (tertiary/aromatic N) is 1. The molecule has 0 atom stereocenters. The first-order chi connectivity index (χ1) is 10.1. The van der Waals surface area contributed by atoms with Gasteiger partial charge in [0.2, 0.25) is 0 Å². The van der Waals surface area contributed by atoms with Crippen LogP contribution in [0.4, 0.5) is 4.39 Å². The summed E-state index contributed by atoms with van der Waals surface area (Å²) >= 11 is 0. The maximum absolute atomic E-state index is 14.0. The number of Topliss-reactive ketones (excluding diaryl/α,β-unsaturated/α-hetero) is 1. The van der Waals surface area contributed by atoms with Crippen LogP contribution in [0.3, 0.4) is 0 Å². The van der Waals surface area contributed by atoms with Gasteiger partial charge in [0.1, 0.15) is 5.75 Å². The van der Waals surface area contributed by atoms with E-state index in [2.05, 4.69) is 4.98 Å². The van der Waals surface area contributed by atoms with Gasteiger partial charge in [0.15, 0.2) is 17.3 Å². The van der Waals surface area contributed by atoms with Crippen LogP contribution >= 0.6 is 0 Å². The predicted octanol–water partition coefficient (Wildman–Crippen LogP) is 4.37. The van der Waals surface area contributed by atoms with Crippen LogP contribution in [0.2, 0.25) is 0 Å². The Kier molecular flexibility index (Phi) is 3.36. The summed E-state index contributed by atoms with van der Waals surface area (Å²) in [5.41, 5.74) is 1.09. The lowest BCUT2D eigenvalue weighted by Gasteiger charge is -2.09. The average Bonchev–Trinajstić information content (AvgIpc) is 2.49. The molecule has 0 aliphatic rings. The van der Waals surface area contributed by atoms with Gasteiger partial charge in [0.05, 0.1) is 5.52 Å². The molecule has 21 heavy (non-hydrogen) atoms. The highest BCUT2D eigenvalue weighted by Crippen LogP contribution is 2.30. The molecule has 0 radical (unpaired) electrons. The van der Waals surface area contributed by atoms with E-state index in [1.165, 1.54) is 19.1 Å². The first-order valence-corrected chi connectivity index (χ1v) is 6.47. The van der Waals surface area contributed by atoms with Gasteiger partial charge in [-0.25, -0.2) is 4.39 Å². The highest BCUT2D eigenvalue weighted by molar-refractivity contribution is 5.94. The Hall–Kier alpha value is -2.75. The summed E-state index contributed by atoms with van der Waals surface area (Å²) < 4.78 is 19.6. The van der Waals surface area contributed by atoms with E-state index in [0.717, 1.165) is 10.9 Å². The van der Waals surface area contributed by atoms with Crippen LogP contribution in [0.5, 0.6) is 11.5 Å². The first-order valence-electron chi connectivity index (χ1n) is 6.47. The van der Waals surface area contributed by atoms with Crippen molar-refractivity contribution in [1.82, 2.24) is 4.98 Å². The van der Waals surface area contributed by atoms with Crippen LogP contribution in [-0.4, -0.2) is 10.8 Å². The Balaban J connectivity index is 2.01. The van der Waals surface area contributed by atoms with Crippen molar-refractivity contribution in [2.75, 3.05) is 0 Å². The molecule has 3 rings (SSSR count). The van der Waals surface area contributed by atoms with Gasteiger partial charge in [-0.3, -0.25) is 9.78 Å². The molecule has 0 aliphatic carbocycles. The molecule has 3 aromatic rings. The van der Waals surface area contributed by atoms with Gasteiger partial charge in [-0.05, 0) is 49.4 Å². The van der Waals surface area contributed by atoms with Crippen molar-refractivity contribution in [2.24, 2.45) is 0 Å². The van der Waals surface area contributed by atoms with Crippen molar-refractivity contribution in [2.45, 2.75) is 6.92 Å². The molecule has 0 spiro atoms. The molecule has 0 saturated carbocycles. The molecule has 0 N–H and O–H groups in total. The Morgan fingerprint density at radius 1 is 1.10 bits per heavy atom. The number of fused-ring (bicyclic) bond motifs is 1. The molecule has 104 valence electrons. The monoisotopic (exact) mass is 281 g/mol. The largest absolute Gasteiger partial charge is 0.454 e. The molecule has 1 aromatic heterocycles. The first kappa shape index (κ1) is 13.2. The van der Waals surface area contributed by atoms with E-state index < -0.39 is 5.82 Å². The van der Waals surface area contributed by atoms with E-state index in [4.69, 9.17) is 4.74 Å². The molecule has 3 nitrogen and oxygen atoms in total. The number of rotatable bonds is 3. The Morgan fingerprint density at radius 2 is 1.95 bits per heavy atom. The van der Waals surface area contributed by atoms with Gasteiger partial charge < -0.3 is 4.74 Å². The van der Waals surface area contributed by atoms with Gasteiger partial charge in [-0.2, -0.15) is 0 Å². The van der Waals surface area contributed by atoms with E-state index in [-0.39, 0.29) is 11.5 Å². The zero-order valence-electron chi connectivity index (χ0n) is 11.3. The van der Waals surface area contributed by atoms with Crippen molar-refractivity contribution < 1.29 is 13.9 Å². The minimum absolute atomic E-state index is 0.0800. The zero-order valence-corrected chi connectivity index (χ0v) is 11.3. The third-order valence-corrected chi connectivity index (χ3v) is 3.16. The number of carbonyl (C=O) groups is 1. The molecule has 0 bridgehead atoms. The smallest absolute Gasteiger partial charge is 0.166 e. The fourth-order valence-electron chi connectivity index (χ4n) is 2.09. The lowest BCUT2D eigenvalue weighted by molar-refractivity contribution is 0.101. The van der Waals surface area contributed by atoms with E-state index in [1.54, 1.807) is 30.5 Å². The number of hydrogen-bond acceptors (Lipinski definition) is 3. The van der Waals surface area contributed by atoms with Crippen LogP contribution in [-0.2, 0) is 0 Å². The predicted molar refractivity (Wildman–Crippen MR) is 78.2 cm³/mol. The fourth-order valence-corrected chi connectivity index (χ4v) is 2.09. The van der Waals surface area contributed by atoms with Crippen LogP contribution in [0, 0.1) is 5.82 Å². The summed E-state index contributed by atoms with van der Waals surface area (Å²) in [4.78, 5) is 15.5. The molecule has 0 saturated heterocycles. The van der Waals surface area contributed by atoms with Gasteiger partial charge in [0, 0.05) is 17.1 Å². The Labute approximate surface area is 121 Å². The second kappa shape index (κ2) is 5.32. The van der Waals surface area contributed by atoms with Crippen molar-refractivity contribution in [3.8, 4) is 11.5 Å². The third kappa shape index (κ3) is 2.60. The molecule has 0 unspecified atom stereocenters. The maximum Gasteiger partial charge on any atom is 0.166 e. The van der Waals surface area contributed by atoms with Crippen molar-refractivity contribution in [1.29, 1.82) is 0 Å². The molecular weight excluding hydrogens is 269 g/mol. The van der Waals surface area contributed by atoms with E-state index in [0.29, 0.717) is 11.3 Å². The molecule has 0 fully saturated rings. The van der Waals surface area contributed by atoms with E-state index in [9.17, 15) is 9.18 Å². The van der Waals surface area contributed by atoms with Crippen molar-refractivity contribution in [3.05, 3.63) is 66.1 Å². The summed E-state index contributed by atoms with van der Waals surface area (Å²) in [5.74, 6) is -0.148. The molecule has 0 amide bonds. The second-order valence-electron chi connectivity index (χ2n) is 4.63. The van der Waals surface area contributed by atoms with Crippen LogP contribution < -0.4 is 4.74 Å². The van der Waals surface area contributed by atoms with Crippen LogP contribution in [0.15, 0.2) is 54.7 Å². The highest BCUT2D eigenvalue weighted by atomic mass is 19.1. The Bertz CT molecular complexity index is 825. The van der Waals surface area contributed by atoms with Gasteiger partial charge >= 0.3 is 0 Å². The molecule has 1 heterocycles. The fraction of sp³-hybridized carbons (Fsp3) is 0.0588. The van der Waals surface area contributed by atoms with Gasteiger partial charge in [-0.1, -0.05) is 6.07 Å². The number of benzene rings is 2. The lowest BCUT2D eigenvalue weighted by atomic mass is 10.1. The third-order valence-electron chi connectivity index (χ3n) is 3.16. The highest BCUT2D eigenvalue weighted by Gasteiger charge is 2.10. The summed E-state index contributed by atoms with van der Waals surface area (Å²) in [6.45, 7) is 1.39. The van der Waals surface area contributed by atoms with Crippen molar-refractivity contribution in [3.63, 3.8) is 0 Å². The second-order valence-corrected chi connectivity index (χ2v) is 4.63. The normalized spacial score (nSPS) is 10.6. The summed E-state index contributed by atoms with van der Waals surface area (Å²) in [6, 6.07) is 13.3. The number of hydrogen-bond donors (Lipinski definition) is 0. The summed E-state index contributed by atoms with van der Waals surface area (Å²) in [6.07, 6.45) is 1.69. The number of pyridine rings is 1. The number of ketones is 1. The Morgan fingerprint density at radius 3 is 2.71 bits per heavy atom. The molecule has 2 aromatic carbocycles. The standard InChI is InChI=1S/C17H12FNO2/c1-11(20)12-7-8-17(14(18)10-12)21-16-6-2-5-15-13(16)4-3-9-19-15/h2-10H,1H3. The van der Waals surface area contributed by atoms with E-state index >= 15 is 0 Å². The summed E-state index contributed by atoms with van der Waals surface area (Å²) in [7, 11) is 0. The molecular formula is C17H12FNO2. The number of ether oxygens (including phenoxy) is 1. The quantitative estimate of drug-likeness (QED) is 0.669. The average molecular weight is 281 g/mol. The van der Waals surface area contributed by atoms with Crippen molar-refractivity contribution >= 4 is 16.7 Å². The van der Waals surface area contributed by atoms with Gasteiger partial charge in [0.25, 0.3) is 0 Å². The van der Waals surface area contributed by atoms with E-state index in [1.807, 2.05) is 12.1 Å². The topological polar surface area (TPSA) is 39.2 Å². The zero-order chi connectivity index (χ0) is 14.8. The number of halogens is 1. The minimum atomic E-state index is -0.566. The maximum atomic E-state index is 14.0. The molecule has 0 aliphatic heterocycles. The van der Waals surface area contributed by atoms with Gasteiger partial charge in [-0.15, -0.1) is 0 Å². The number of carbonyl (C=O) groups excluding carboxylic acids is 1. The molecule has 4 heteroatoms. The SMILES string of the molecule is CC(=O)c1ccc(Oc2cccc3ncccc23)c(F)c1. The lowest BCUT2D eigenvalue weighted by Crippen LogP contribution is -1.95. The van der Waals surface area contributed by atoms with Crippen LogP contribution in [0.1, 0.15) is 17.3 Å². The van der Waals surface area contributed by atoms with Crippen LogP contribution in [0.25, 0.3) is 10.9 Å². The summed E-state index contributed by atoms with van der Waals surface area (Å²) in [5, 5.41) is 0.801. The minimum Gasteiger partial charge on any atom is -0.454 e.